The molecule has 0 aliphatic rings. The normalized spacial score (nSPS) is 12.3. The van der Waals surface area contributed by atoms with Crippen molar-refractivity contribution in [2.24, 2.45) is 17.9 Å². The highest BCUT2D eigenvalue weighted by Gasteiger charge is 2.02. The Bertz CT molecular complexity index is 347. The summed E-state index contributed by atoms with van der Waals surface area (Å²) in [5.41, 5.74) is 6.61. The molecule has 0 aromatic carbocycles. The molecule has 0 atom stereocenters. The first-order valence-electron chi connectivity index (χ1n) is 5.24. The van der Waals surface area contributed by atoms with Crippen molar-refractivity contribution in [3.8, 4) is 0 Å². The minimum absolute atomic E-state index is 0.272. The van der Waals surface area contributed by atoms with E-state index >= 15 is 0 Å². The SMILES string of the molecule is CN(CCC(N)=NO)CCc1cnn(C)c1. The highest BCUT2D eigenvalue weighted by molar-refractivity contribution is 5.79. The minimum Gasteiger partial charge on any atom is -0.409 e. The van der Waals surface area contributed by atoms with Gasteiger partial charge in [-0.05, 0) is 19.0 Å². The molecule has 0 aliphatic carbocycles. The molecule has 0 amide bonds. The molecule has 90 valence electrons. The summed E-state index contributed by atoms with van der Waals surface area (Å²) in [4.78, 5) is 2.14. The first-order chi connectivity index (χ1) is 7.61. The van der Waals surface area contributed by atoms with Crippen LogP contribution in [0.15, 0.2) is 17.5 Å². The smallest absolute Gasteiger partial charge is 0.140 e. The maximum absolute atomic E-state index is 8.39. The number of hydrogen-bond donors (Lipinski definition) is 2. The molecular formula is C10H19N5O. The van der Waals surface area contributed by atoms with Gasteiger partial charge in [-0.15, -0.1) is 0 Å². The lowest BCUT2D eigenvalue weighted by Crippen LogP contribution is -2.26. The van der Waals surface area contributed by atoms with Crippen LogP contribution >= 0.6 is 0 Å². The van der Waals surface area contributed by atoms with Crippen LogP contribution in [0.5, 0.6) is 0 Å². The first kappa shape index (κ1) is 12.5. The summed E-state index contributed by atoms with van der Waals surface area (Å²) < 4.78 is 1.80. The van der Waals surface area contributed by atoms with Crippen LogP contribution < -0.4 is 5.73 Å². The number of rotatable bonds is 6. The molecule has 1 rings (SSSR count). The number of likely N-dealkylation sites (N-methyl/N-ethyl adjacent to an activating group) is 1. The highest BCUT2D eigenvalue weighted by Crippen LogP contribution is 1.99. The molecule has 0 saturated heterocycles. The largest absolute Gasteiger partial charge is 0.409 e. The molecule has 0 fully saturated rings. The van der Waals surface area contributed by atoms with Gasteiger partial charge in [-0.3, -0.25) is 4.68 Å². The number of nitrogens with two attached hydrogens (primary N) is 1. The van der Waals surface area contributed by atoms with Crippen molar-refractivity contribution >= 4 is 5.84 Å². The van der Waals surface area contributed by atoms with Gasteiger partial charge in [0.1, 0.15) is 5.84 Å². The zero-order valence-corrected chi connectivity index (χ0v) is 9.80. The molecule has 6 heteroatoms. The Morgan fingerprint density at radius 1 is 1.62 bits per heavy atom. The highest BCUT2D eigenvalue weighted by atomic mass is 16.4. The van der Waals surface area contributed by atoms with E-state index < -0.39 is 0 Å². The average Bonchev–Trinajstić information content (AvgIpc) is 2.69. The van der Waals surface area contributed by atoms with Crippen molar-refractivity contribution in [1.82, 2.24) is 14.7 Å². The minimum atomic E-state index is 0.272. The summed E-state index contributed by atoms with van der Waals surface area (Å²) >= 11 is 0. The van der Waals surface area contributed by atoms with E-state index in [-0.39, 0.29) is 5.84 Å². The number of oxime groups is 1. The van der Waals surface area contributed by atoms with Gasteiger partial charge >= 0.3 is 0 Å². The molecule has 3 N–H and O–H groups in total. The zero-order chi connectivity index (χ0) is 12.0. The fourth-order valence-electron chi connectivity index (χ4n) is 1.39. The molecule has 1 aromatic rings. The van der Waals surface area contributed by atoms with Gasteiger partial charge in [-0.1, -0.05) is 5.16 Å². The molecule has 0 unspecified atom stereocenters. The monoisotopic (exact) mass is 225 g/mol. The maximum atomic E-state index is 8.39. The van der Waals surface area contributed by atoms with Crippen LogP contribution in [0.3, 0.4) is 0 Å². The first-order valence-corrected chi connectivity index (χ1v) is 5.24. The summed E-state index contributed by atoms with van der Waals surface area (Å²) in [6.07, 6.45) is 5.43. The number of aryl methyl sites for hydroxylation is 1. The standard InChI is InChI=1S/C10H19N5O/c1-14(6-4-10(11)13-16)5-3-9-7-12-15(2)8-9/h7-8,16H,3-6H2,1-2H3,(H2,11,13). The van der Waals surface area contributed by atoms with E-state index in [0.29, 0.717) is 6.42 Å². The van der Waals surface area contributed by atoms with Crippen LogP contribution in [0.2, 0.25) is 0 Å². The summed E-state index contributed by atoms with van der Waals surface area (Å²) in [5, 5.41) is 15.4. The van der Waals surface area contributed by atoms with Gasteiger partial charge in [0.25, 0.3) is 0 Å². The summed E-state index contributed by atoms with van der Waals surface area (Å²) in [7, 11) is 3.92. The molecule has 0 aliphatic heterocycles. The van der Waals surface area contributed by atoms with E-state index in [2.05, 4.69) is 15.2 Å². The molecule has 1 aromatic heterocycles. The third-order valence-corrected chi connectivity index (χ3v) is 2.42. The third-order valence-electron chi connectivity index (χ3n) is 2.42. The van der Waals surface area contributed by atoms with E-state index in [0.717, 1.165) is 19.5 Å². The zero-order valence-electron chi connectivity index (χ0n) is 9.80. The summed E-state index contributed by atoms with van der Waals surface area (Å²) in [6.45, 7) is 1.72. The molecule has 0 radical (unpaired) electrons. The van der Waals surface area contributed by atoms with Crippen molar-refractivity contribution in [1.29, 1.82) is 0 Å². The fourth-order valence-corrected chi connectivity index (χ4v) is 1.39. The van der Waals surface area contributed by atoms with Crippen LogP contribution in [0.25, 0.3) is 0 Å². The van der Waals surface area contributed by atoms with Gasteiger partial charge in [0, 0.05) is 32.8 Å². The maximum Gasteiger partial charge on any atom is 0.140 e. The van der Waals surface area contributed by atoms with E-state index in [4.69, 9.17) is 10.9 Å². The number of nitrogens with zero attached hydrogens (tertiary/aromatic N) is 4. The molecule has 6 nitrogen and oxygen atoms in total. The number of hydrogen-bond acceptors (Lipinski definition) is 4. The van der Waals surface area contributed by atoms with Gasteiger partial charge in [-0.25, -0.2) is 0 Å². The topological polar surface area (TPSA) is 79.7 Å². The van der Waals surface area contributed by atoms with E-state index in [1.54, 1.807) is 4.68 Å². The molecule has 0 bridgehead atoms. The molecular weight excluding hydrogens is 206 g/mol. The second kappa shape index (κ2) is 6.12. The lowest BCUT2D eigenvalue weighted by molar-refractivity contribution is 0.311. The molecule has 1 heterocycles. The van der Waals surface area contributed by atoms with Crippen molar-refractivity contribution in [2.45, 2.75) is 12.8 Å². The second-order valence-electron chi connectivity index (χ2n) is 3.92. The van der Waals surface area contributed by atoms with Crippen LogP contribution in [-0.2, 0) is 13.5 Å². The Balaban J connectivity index is 2.22. The van der Waals surface area contributed by atoms with Crippen molar-refractivity contribution < 1.29 is 5.21 Å². The Morgan fingerprint density at radius 2 is 2.38 bits per heavy atom. The quantitative estimate of drug-likeness (QED) is 0.310. The van der Waals surface area contributed by atoms with Gasteiger partial charge in [0.2, 0.25) is 0 Å². The summed E-state index contributed by atoms with van der Waals surface area (Å²) in [6, 6.07) is 0. The predicted molar refractivity (Wildman–Crippen MR) is 62.4 cm³/mol. The van der Waals surface area contributed by atoms with Crippen LogP contribution in [0.1, 0.15) is 12.0 Å². The predicted octanol–water partition coefficient (Wildman–Crippen LogP) is 0.0309. The van der Waals surface area contributed by atoms with Gasteiger partial charge in [-0.2, -0.15) is 5.10 Å². The summed E-state index contributed by atoms with van der Waals surface area (Å²) in [5.74, 6) is 0.272. The average molecular weight is 225 g/mol. The van der Waals surface area contributed by atoms with Crippen molar-refractivity contribution in [2.75, 3.05) is 20.1 Å². The number of amidine groups is 1. The number of aromatic nitrogens is 2. The fraction of sp³-hybridized carbons (Fsp3) is 0.600. The molecule has 16 heavy (non-hydrogen) atoms. The Kier molecular flexibility index (Phi) is 4.78. The third kappa shape index (κ3) is 4.31. The van der Waals surface area contributed by atoms with Gasteiger partial charge in [0.15, 0.2) is 0 Å². The van der Waals surface area contributed by atoms with Crippen molar-refractivity contribution in [3.63, 3.8) is 0 Å². The van der Waals surface area contributed by atoms with Gasteiger partial charge < -0.3 is 15.8 Å². The Hall–Kier alpha value is -1.56. The van der Waals surface area contributed by atoms with E-state index in [9.17, 15) is 0 Å². The van der Waals surface area contributed by atoms with E-state index in [1.807, 2.05) is 26.5 Å². The molecule has 0 saturated carbocycles. The lowest BCUT2D eigenvalue weighted by atomic mass is 10.2. The van der Waals surface area contributed by atoms with Gasteiger partial charge in [0.05, 0.1) is 6.20 Å². The second-order valence-corrected chi connectivity index (χ2v) is 3.92. The van der Waals surface area contributed by atoms with Crippen LogP contribution in [-0.4, -0.2) is 45.9 Å². The Morgan fingerprint density at radius 3 is 2.94 bits per heavy atom. The van der Waals surface area contributed by atoms with Crippen molar-refractivity contribution in [3.05, 3.63) is 18.0 Å². The lowest BCUT2D eigenvalue weighted by Gasteiger charge is -2.15. The van der Waals surface area contributed by atoms with Crippen LogP contribution in [0.4, 0.5) is 0 Å². The van der Waals surface area contributed by atoms with E-state index in [1.165, 1.54) is 5.56 Å². The Labute approximate surface area is 95.3 Å². The van der Waals surface area contributed by atoms with Crippen LogP contribution in [0, 0.1) is 0 Å². The molecule has 0 spiro atoms.